The van der Waals surface area contributed by atoms with Crippen LogP contribution in [0.1, 0.15) is 10.4 Å². The number of nitro groups is 1. The quantitative estimate of drug-likeness (QED) is 0.670. The lowest BCUT2D eigenvalue weighted by Gasteiger charge is -2.09. The Kier molecular flexibility index (Phi) is 4.03. The first kappa shape index (κ1) is 14.3. The van der Waals surface area contributed by atoms with E-state index in [9.17, 15) is 14.9 Å². The van der Waals surface area contributed by atoms with Gasteiger partial charge in [0.15, 0.2) is 0 Å². The summed E-state index contributed by atoms with van der Waals surface area (Å²) in [7, 11) is 1.50. The fraction of sp³-hybridized carbons (Fsp3) is 0.0714. The Morgan fingerprint density at radius 2 is 1.76 bits per heavy atom. The fourth-order valence-electron chi connectivity index (χ4n) is 1.71. The molecular formula is C14H11NO6. The Morgan fingerprint density at radius 3 is 2.29 bits per heavy atom. The van der Waals surface area contributed by atoms with Gasteiger partial charge in [-0.15, -0.1) is 0 Å². The topological polar surface area (TPSA) is 98.9 Å². The molecule has 1 N–H and O–H groups in total. The van der Waals surface area contributed by atoms with Gasteiger partial charge in [-0.25, -0.2) is 4.79 Å². The number of hydrogen-bond donors (Lipinski definition) is 1. The summed E-state index contributed by atoms with van der Waals surface area (Å²) in [6.45, 7) is 0. The molecule has 0 aromatic heterocycles. The maximum atomic E-state index is 11.2. The van der Waals surface area contributed by atoms with Gasteiger partial charge in [0.2, 0.25) is 5.75 Å². The molecule has 21 heavy (non-hydrogen) atoms. The van der Waals surface area contributed by atoms with E-state index in [1.807, 2.05) is 0 Å². The highest BCUT2D eigenvalue weighted by Crippen LogP contribution is 2.35. The second-order valence-electron chi connectivity index (χ2n) is 3.99. The summed E-state index contributed by atoms with van der Waals surface area (Å²) in [5.74, 6) is -0.752. The van der Waals surface area contributed by atoms with Crippen LogP contribution in [-0.2, 0) is 0 Å². The first-order valence-corrected chi connectivity index (χ1v) is 5.85. The van der Waals surface area contributed by atoms with Crippen LogP contribution in [0.15, 0.2) is 42.5 Å². The molecule has 108 valence electrons. The van der Waals surface area contributed by atoms with Crippen LogP contribution in [-0.4, -0.2) is 23.1 Å². The van der Waals surface area contributed by atoms with Crippen LogP contribution in [0.25, 0.3) is 0 Å². The number of nitrogens with zero attached hydrogens (tertiary/aromatic N) is 1. The lowest BCUT2D eigenvalue weighted by atomic mass is 10.1. The van der Waals surface area contributed by atoms with Gasteiger partial charge in [0, 0.05) is 6.07 Å². The lowest BCUT2D eigenvalue weighted by Crippen LogP contribution is -2.03. The van der Waals surface area contributed by atoms with Gasteiger partial charge in [0.05, 0.1) is 12.0 Å². The van der Waals surface area contributed by atoms with Crippen LogP contribution < -0.4 is 9.47 Å². The molecule has 0 aliphatic rings. The van der Waals surface area contributed by atoms with Gasteiger partial charge in [-0.05, 0) is 30.3 Å². The van der Waals surface area contributed by atoms with E-state index in [1.54, 1.807) is 12.1 Å². The van der Waals surface area contributed by atoms with Crippen molar-refractivity contribution in [2.75, 3.05) is 7.11 Å². The first-order valence-electron chi connectivity index (χ1n) is 5.85. The van der Waals surface area contributed by atoms with Crippen molar-refractivity contribution in [2.45, 2.75) is 0 Å². The molecule has 0 saturated carbocycles. The number of nitro benzene ring substituents is 1. The Morgan fingerprint density at radius 1 is 1.14 bits per heavy atom. The highest BCUT2D eigenvalue weighted by atomic mass is 16.6. The molecule has 0 saturated heterocycles. The number of ether oxygens (including phenoxy) is 2. The molecule has 7 heteroatoms. The van der Waals surface area contributed by atoms with Crippen molar-refractivity contribution in [3.05, 3.63) is 58.1 Å². The number of rotatable bonds is 5. The zero-order chi connectivity index (χ0) is 15.4. The zero-order valence-corrected chi connectivity index (χ0v) is 11.0. The summed E-state index contributed by atoms with van der Waals surface area (Å²) < 4.78 is 10.4. The standard InChI is InChI=1S/C14H11NO6/c1-20-9-5-7-10(8-6-9)21-13-11(14(16)17)3-2-4-12(13)15(18)19/h2-8H,1H3,(H,16,17). The van der Waals surface area contributed by atoms with Crippen molar-refractivity contribution in [1.29, 1.82) is 0 Å². The molecule has 0 unspecified atom stereocenters. The minimum Gasteiger partial charge on any atom is -0.497 e. The number of carbonyl (C=O) groups is 1. The minimum absolute atomic E-state index is 0.271. The molecule has 2 rings (SSSR count). The summed E-state index contributed by atoms with van der Waals surface area (Å²) in [5.41, 5.74) is -0.689. The number of para-hydroxylation sites is 1. The second kappa shape index (κ2) is 5.91. The second-order valence-corrected chi connectivity index (χ2v) is 3.99. The van der Waals surface area contributed by atoms with Crippen molar-refractivity contribution < 1.29 is 24.3 Å². The highest BCUT2D eigenvalue weighted by Gasteiger charge is 2.23. The molecule has 0 fully saturated rings. The summed E-state index contributed by atoms with van der Waals surface area (Å²) in [6.07, 6.45) is 0. The SMILES string of the molecule is COc1ccc(Oc2c(C(=O)O)cccc2[N+](=O)[O-])cc1. The third kappa shape index (κ3) is 3.08. The first-order chi connectivity index (χ1) is 10.0. The Hall–Kier alpha value is -3.09. The van der Waals surface area contributed by atoms with Crippen LogP contribution in [0.5, 0.6) is 17.2 Å². The van der Waals surface area contributed by atoms with E-state index in [1.165, 1.54) is 37.4 Å². The Bertz CT molecular complexity index is 648. The monoisotopic (exact) mass is 289 g/mol. The maximum Gasteiger partial charge on any atom is 0.339 e. The maximum absolute atomic E-state index is 11.2. The van der Waals surface area contributed by atoms with E-state index in [4.69, 9.17) is 14.6 Å². The van der Waals surface area contributed by atoms with Gasteiger partial charge in [-0.2, -0.15) is 0 Å². The molecule has 2 aromatic rings. The van der Waals surface area contributed by atoms with Gasteiger partial charge in [0.1, 0.15) is 17.1 Å². The van der Waals surface area contributed by atoms with Gasteiger partial charge < -0.3 is 14.6 Å². The number of aromatic carboxylic acids is 1. The Labute approximate surface area is 119 Å². The number of carboxylic acids is 1. The average molecular weight is 289 g/mol. The van der Waals surface area contributed by atoms with E-state index in [0.29, 0.717) is 5.75 Å². The molecule has 2 aromatic carbocycles. The number of hydrogen-bond acceptors (Lipinski definition) is 5. The molecule has 0 amide bonds. The minimum atomic E-state index is -1.30. The Balaban J connectivity index is 2.45. The molecule has 0 atom stereocenters. The highest BCUT2D eigenvalue weighted by molar-refractivity contribution is 5.92. The number of benzene rings is 2. The third-order valence-corrected chi connectivity index (χ3v) is 2.70. The van der Waals surface area contributed by atoms with Crippen LogP contribution in [0, 0.1) is 10.1 Å². The van der Waals surface area contributed by atoms with Crippen LogP contribution in [0.4, 0.5) is 5.69 Å². The molecule has 0 bridgehead atoms. The molecule has 0 spiro atoms. The van der Waals surface area contributed by atoms with Crippen molar-refractivity contribution in [2.24, 2.45) is 0 Å². The van der Waals surface area contributed by atoms with E-state index in [0.717, 1.165) is 0 Å². The van der Waals surface area contributed by atoms with E-state index in [-0.39, 0.29) is 17.1 Å². The fourth-order valence-corrected chi connectivity index (χ4v) is 1.71. The van der Waals surface area contributed by atoms with E-state index in [2.05, 4.69) is 0 Å². The summed E-state index contributed by atoms with van der Waals surface area (Å²) >= 11 is 0. The summed E-state index contributed by atoms with van der Waals surface area (Å²) in [4.78, 5) is 21.5. The van der Waals surface area contributed by atoms with Crippen molar-refractivity contribution in [1.82, 2.24) is 0 Å². The number of carboxylic acid groups (broad SMARTS) is 1. The van der Waals surface area contributed by atoms with E-state index >= 15 is 0 Å². The molecular weight excluding hydrogens is 278 g/mol. The summed E-state index contributed by atoms with van der Waals surface area (Å²) in [6, 6.07) is 9.99. The lowest BCUT2D eigenvalue weighted by molar-refractivity contribution is -0.385. The van der Waals surface area contributed by atoms with Crippen molar-refractivity contribution >= 4 is 11.7 Å². The average Bonchev–Trinajstić information content (AvgIpc) is 2.47. The molecule has 0 heterocycles. The normalized spacial score (nSPS) is 9.95. The van der Waals surface area contributed by atoms with Gasteiger partial charge in [-0.1, -0.05) is 6.07 Å². The molecule has 0 aliphatic heterocycles. The van der Waals surface area contributed by atoms with Crippen molar-refractivity contribution in [3.63, 3.8) is 0 Å². The summed E-state index contributed by atoms with van der Waals surface area (Å²) in [5, 5.41) is 20.1. The van der Waals surface area contributed by atoms with Crippen LogP contribution >= 0.6 is 0 Å². The predicted molar refractivity (Wildman–Crippen MR) is 73.1 cm³/mol. The van der Waals surface area contributed by atoms with Gasteiger partial charge >= 0.3 is 11.7 Å². The molecule has 0 aliphatic carbocycles. The molecule has 7 nitrogen and oxygen atoms in total. The third-order valence-electron chi connectivity index (χ3n) is 2.70. The number of methoxy groups -OCH3 is 1. The van der Waals surface area contributed by atoms with Crippen LogP contribution in [0.3, 0.4) is 0 Å². The largest absolute Gasteiger partial charge is 0.497 e. The predicted octanol–water partition coefficient (Wildman–Crippen LogP) is 3.09. The molecule has 0 radical (unpaired) electrons. The van der Waals surface area contributed by atoms with Crippen molar-refractivity contribution in [3.8, 4) is 17.2 Å². The zero-order valence-electron chi connectivity index (χ0n) is 11.0. The van der Waals surface area contributed by atoms with Crippen LogP contribution in [0.2, 0.25) is 0 Å². The van der Waals surface area contributed by atoms with Gasteiger partial charge in [-0.3, -0.25) is 10.1 Å². The smallest absolute Gasteiger partial charge is 0.339 e. The van der Waals surface area contributed by atoms with E-state index < -0.39 is 16.6 Å². The van der Waals surface area contributed by atoms with Gasteiger partial charge in [0.25, 0.3) is 0 Å².